The van der Waals surface area contributed by atoms with Gasteiger partial charge >= 0.3 is 0 Å². The van der Waals surface area contributed by atoms with Gasteiger partial charge in [-0.2, -0.15) is 0 Å². The molecule has 0 aliphatic rings. The molecule has 0 aliphatic carbocycles. The molecule has 4 heteroatoms. The van der Waals surface area contributed by atoms with Crippen molar-refractivity contribution >= 4 is 8.32 Å². The highest BCUT2D eigenvalue weighted by atomic mass is 28.4. The van der Waals surface area contributed by atoms with Crippen molar-refractivity contribution in [3.63, 3.8) is 0 Å². The average Bonchev–Trinajstić information content (AvgIpc) is 2.09. The topological polar surface area (TPSA) is 27.7 Å². The molecule has 0 atom stereocenters. The van der Waals surface area contributed by atoms with E-state index in [0.29, 0.717) is 0 Å². The summed E-state index contributed by atoms with van der Waals surface area (Å²) in [5.41, 5.74) is 0. The lowest BCUT2D eigenvalue weighted by atomic mass is 10.4. The Balaban J connectivity index is 3.53. The Morgan fingerprint density at radius 1 is 1.14 bits per heavy atom. The van der Waals surface area contributed by atoms with Gasteiger partial charge in [0, 0.05) is 20.8 Å². The van der Waals surface area contributed by atoms with Gasteiger partial charge in [-0.25, -0.2) is 0 Å². The van der Waals surface area contributed by atoms with Crippen LogP contribution in [0.15, 0.2) is 12.2 Å². The molecule has 0 aliphatic heterocycles. The summed E-state index contributed by atoms with van der Waals surface area (Å²) in [4.78, 5) is 0. The molecule has 0 spiro atoms. The molecular formula is C10H22O3Si. The van der Waals surface area contributed by atoms with Gasteiger partial charge < -0.3 is 13.9 Å². The first-order valence-corrected chi connectivity index (χ1v) is 8.26. The van der Waals surface area contributed by atoms with Crippen molar-refractivity contribution in [2.75, 3.05) is 20.8 Å². The second-order valence-corrected chi connectivity index (χ2v) is 8.53. The minimum absolute atomic E-state index is 0.234. The van der Waals surface area contributed by atoms with Crippen LogP contribution in [0.1, 0.15) is 6.42 Å². The minimum atomic E-state index is -1.35. The fourth-order valence-corrected chi connectivity index (χ4v) is 1.62. The van der Waals surface area contributed by atoms with E-state index < -0.39 is 8.32 Å². The van der Waals surface area contributed by atoms with Crippen LogP contribution in [-0.4, -0.2) is 35.4 Å². The molecule has 0 rings (SSSR count). The lowest BCUT2D eigenvalue weighted by Gasteiger charge is -2.16. The van der Waals surface area contributed by atoms with Crippen LogP contribution in [0.25, 0.3) is 0 Å². The zero-order chi connectivity index (χ0) is 11.0. The highest BCUT2D eigenvalue weighted by molar-refractivity contribution is 6.69. The molecule has 0 aromatic carbocycles. The first-order chi connectivity index (χ1) is 6.49. The molecule has 84 valence electrons. The molecule has 0 N–H and O–H groups in total. The molecule has 0 saturated heterocycles. The van der Waals surface area contributed by atoms with Crippen molar-refractivity contribution in [2.45, 2.75) is 32.4 Å². The van der Waals surface area contributed by atoms with E-state index in [1.165, 1.54) is 0 Å². The van der Waals surface area contributed by atoms with Gasteiger partial charge in [0.15, 0.2) is 14.6 Å². The van der Waals surface area contributed by atoms with Gasteiger partial charge in [0.05, 0.1) is 0 Å². The lowest BCUT2D eigenvalue weighted by molar-refractivity contribution is -0.0667. The van der Waals surface area contributed by atoms with Crippen LogP contribution in [0, 0.1) is 0 Å². The van der Waals surface area contributed by atoms with Gasteiger partial charge in [0.25, 0.3) is 0 Å². The molecule has 0 fully saturated rings. The van der Waals surface area contributed by atoms with Crippen molar-refractivity contribution in [3.8, 4) is 0 Å². The van der Waals surface area contributed by atoms with Crippen molar-refractivity contribution in [1.82, 2.24) is 0 Å². The summed E-state index contributed by atoms with van der Waals surface area (Å²) in [7, 11) is 1.90. The van der Waals surface area contributed by atoms with E-state index in [4.69, 9.17) is 13.9 Å². The van der Waals surface area contributed by atoms with Crippen molar-refractivity contribution < 1.29 is 13.9 Å². The number of methoxy groups -OCH3 is 2. The molecule has 0 saturated carbocycles. The Morgan fingerprint density at radius 3 is 2.14 bits per heavy atom. The normalized spacial score (nSPS) is 13.0. The van der Waals surface area contributed by atoms with Crippen LogP contribution in [-0.2, 0) is 13.9 Å². The fraction of sp³-hybridized carbons (Fsp3) is 0.800. The summed E-state index contributed by atoms with van der Waals surface area (Å²) >= 11 is 0. The predicted octanol–water partition coefficient (Wildman–Crippen LogP) is 2.40. The maximum Gasteiger partial charge on any atom is 0.183 e. The van der Waals surface area contributed by atoms with E-state index in [1.807, 2.05) is 12.2 Å². The molecule has 3 nitrogen and oxygen atoms in total. The van der Waals surface area contributed by atoms with Crippen molar-refractivity contribution in [3.05, 3.63) is 12.2 Å². The largest absolute Gasteiger partial charge is 0.417 e. The highest BCUT2D eigenvalue weighted by Crippen LogP contribution is 2.03. The average molecular weight is 218 g/mol. The van der Waals surface area contributed by atoms with Gasteiger partial charge in [0.2, 0.25) is 0 Å². The molecule has 0 unspecified atom stereocenters. The number of hydrogen-bond donors (Lipinski definition) is 0. The zero-order valence-electron chi connectivity index (χ0n) is 9.87. The standard InChI is InChI=1S/C10H22O3Si/c1-11-10(12-2)8-6-7-9-13-14(3,4)5/h6,8,10H,7,9H2,1-5H3/b8-6-. The van der Waals surface area contributed by atoms with Gasteiger partial charge in [-0.3, -0.25) is 0 Å². The molecule has 0 aromatic heterocycles. The predicted molar refractivity (Wildman–Crippen MR) is 60.9 cm³/mol. The molecule has 0 aromatic rings. The van der Waals surface area contributed by atoms with E-state index in [9.17, 15) is 0 Å². The van der Waals surface area contributed by atoms with Crippen LogP contribution in [0.3, 0.4) is 0 Å². The number of hydrogen-bond acceptors (Lipinski definition) is 3. The number of ether oxygens (including phenoxy) is 2. The van der Waals surface area contributed by atoms with E-state index >= 15 is 0 Å². The Labute approximate surface area is 88.2 Å². The highest BCUT2D eigenvalue weighted by Gasteiger charge is 2.12. The first-order valence-electron chi connectivity index (χ1n) is 4.86. The molecule has 0 heterocycles. The Bertz CT molecular complexity index is 159. The van der Waals surface area contributed by atoms with Crippen molar-refractivity contribution in [2.24, 2.45) is 0 Å². The summed E-state index contributed by atoms with van der Waals surface area (Å²) in [6.45, 7) is 7.34. The van der Waals surface area contributed by atoms with E-state index in [2.05, 4.69) is 19.6 Å². The van der Waals surface area contributed by atoms with Crippen LogP contribution >= 0.6 is 0 Å². The summed E-state index contributed by atoms with van der Waals surface area (Å²) in [5, 5.41) is 0. The lowest BCUT2D eigenvalue weighted by Crippen LogP contribution is -2.25. The summed E-state index contributed by atoms with van der Waals surface area (Å²) in [6, 6.07) is 0. The Morgan fingerprint density at radius 2 is 1.71 bits per heavy atom. The molecule has 0 radical (unpaired) electrons. The monoisotopic (exact) mass is 218 g/mol. The maximum absolute atomic E-state index is 5.68. The smallest absolute Gasteiger partial charge is 0.183 e. The van der Waals surface area contributed by atoms with Gasteiger partial charge in [0.1, 0.15) is 0 Å². The maximum atomic E-state index is 5.68. The molecule has 0 bridgehead atoms. The SMILES string of the molecule is COC(/C=C\CCO[Si](C)(C)C)OC. The quantitative estimate of drug-likeness (QED) is 0.284. The fourth-order valence-electron chi connectivity index (χ4n) is 0.894. The third-order valence-electron chi connectivity index (χ3n) is 1.58. The van der Waals surface area contributed by atoms with Crippen LogP contribution in [0.2, 0.25) is 19.6 Å². The van der Waals surface area contributed by atoms with E-state index in [0.717, 1.165) is 13.0 Å². The van der Waals surface area contributed by atoms with Crippen LogP contribution < -0.4 is 0 Å². The number of rotatable bonds is 7. The minimum Gasteiger partial charge on any atom is -0.417 e. The summed E-state index contributed by atoms with van der Waals surface area (Å²) in [6.07, 6.45) is 4.60. The summed E-state index contributed by atoms with van der Waals surface area (Å²) in [5.74, 6) is 0. The second-order valence-electron chi connectivity index (χ2n) is 4.02. The van der Waals surface area contributed by atoms with E-state index in [1.54, 1.807) is 14.2 Å². The molecule has 0 amide bonds. The van der Waals surface area contributed by atoms with Crippen LogP contribution in [0.4, 0.5) is 0 Å². The third kappa shape index (κ3) is 8.44. The molecule has 14 heavy (non-hydrogen) atoms. The Hall–Kier alpha value is -0.163. The third-order valence-corrected chi connectivity index (χ3v) is 2.65. The van der Waals surface area contributed by atoms with Crippen molar-refractivity contribution in [1.29, 1.82) is 0 Å². The van der Waals surface area contributed by atoms with Gasteiger partial charge in [-0.15, -0.1) is 0 Å². The summed E-state index contributed by atoms with van der Waals surface area (Å²) < 4.78 is 15.7. The molecular weight excluding hydrogens is 196 g/mol. The van der Waals surface area contributed by atoms with Gasteiger partial charge in [-0.1, -0.05) is 6.08 Å². The second kappa shape index (κ2) is 7.17. The van der Waals surface area contributed by atoms with Gasteiger partial charge in [-0.05, 0) is 32.1 Å². The van der Waals surface area contributed by atoms with E-state index in [-0.39, 0.29) is 6.29 Å². The zero-order valence-corrected chi connectivity index (χ0v) is 10.9. The Kier molecular flexibility index (Phi) is 7.09. The first kappa shape index (κ1) is 13.8. The van der Waals surface area contributed by atoms with Crippen LogP contribution in [0.5, 0.6) is 0 Å².